The highest BCUT2D eigenvalue weighted by molar-refractivity contribution is 7.98. The summed E-state index contributed by atoms with van der Waals surface area (Å²) in [7, 11) is 0. The summed E-state index contributed by atoms with van der Waals surface area (Å²) >= 11 is 1.82. The van der Waals surface area contributed by atoms with Gasteiger partial charge in [0.1, 0.15) is 0 Å². The molecule has 2 amide bonds. The molecule has 0 unspecified atom stereocenters. The quantitative estimate of drug-likeness (QED) is 0.524. The number of hydrogen-bond acceptors (Lipinski definition) is 3. The van der Waals surface area contributed by atoms with Crippen LogP contribution < -0.4 is 5.32 Å². The number of carbonyl (C=O) groups excluding carboxylic acids is 2. The maximum Gasteiger partial charge on any atom is 0.222 e. The molecule has 0 atom stereocenters. The highest BCUT2D eigenvalue weighted by Crippen LogP contribution is 2.12. The number of carbonyl (C=O) groups is 2. The maximum absolute atomic E-state index is 12.2. The fourth-order valence-electron chi connectivity index (χ4n) is 2.68. The van der Waals surface area contributed by atoms with E-state index in [0.717, 1.165) is 37.4 Å². The third-order valence-corrected chi connectivity index (χ3v) is 5.12. The molecule has 0 heterocycles. The average molecular weight is 379 g/mol. The van der Waals surface area contributed by atoms with Crippen molar-refractivity contribution in [1.29, 1.82) is 0 Å². The normalized spacial score (nSPS) is 10.6. The standard InChI is InChI=1S/C21H34N2O2S/c1-4-14-23(15-5-2)21(25)8-6-7-20(24)22-13-16-26-17-19-11-9-18(3)10-12-19/h9-12H,4-8,13-17H2,1-3H3,(H,22,24). The molecular weight excluding hydrogens is 344 g/mol. The number of rotatable bonds is 13. The van der Waals surface area contributed by atoms with Crippen molar-refractivity contribution in [3.8, 4) is 0 Å². The Bertz CT molecular complexity index is 525. The van der Waals surface area contributed by atoms with Crippen molar-refractivity contribution in [3.05, 3.63) is 35.4 Å². The zero-order valence-electron chi connectivity index (χ0n) is 16.6. The van der Waals surface area contributed by atoms with Crippen LogP contribution in [0, 0.1) is 6.92 Å². The Morgan fingerprint density at radius 3 is 2.31 bits per heavy atom. The van der Waals surface area contributed by atoms with Crippen molar-refractivity contribution < 1.29 is 9.59 Å². The van der Waals surface area contributed by atoms with Gasteiger partial charge in [0.05, 0.1) is 0 Å². The number of amides is 2. The summed E-state index contributed by atoms with van der Waals surface area (Å²) < 4.78 is 0. The zero-order chi connectivity index (χ0) is 19.2. The number of nitrogens with zero attached hydrogens (tertiary/aromatic N) is 1. The van der Waals surface area contributed by atoms with E-state index in [1.54, 1.807) is 0 Å². The lowest BCUT2D eigenvalue weighted by Gasteiger charge is -2.21. The molecule has 0 aliphatic rings. The van der Waals surface area contributed by atoms with E-state index in [-0.39, 0.29) is 11.8 Å². The fourth-order valence-corrected chi connectivity index (χ4v) is 3.50. The summed E-state index contributed by atoms with van der Waals surface area (Å²) in [6, 6.07) is 8.55. The van der Waals surface area contributed by atoms with Gasteiger partial charge in [0.25, 0.3) is 0 Å². The van der Waals surface area contributed by atoms with Crippen molar-refractivity contribution in [2.75, 3.05) is 25.4 Å². The second-order valence-electron chi connectivity index (χ2n) is 6.62. The van der Waals surface area contributed by atoms with Crippen molar-refractivity contribution in [1.82, 2.24) is 10.2 Å². The Balaban J connectivity index is 2.09. The summed E-state index contributed by atoms with van der Waals surface area (Å²) in [6.45, 7) is 8.57. The Hall–Kier alpha value is -1.49. The van der Waals surface area contributed by atoms with Gasteiger partial charge in [-0.15, -0.1) is 0 Å². The molecule has 146 valence electrons. The number of benzene rings is 1. The van der Waals surface area contributed by atoms with E-state index in [4.69, 9.17) is 0 Å². The third kappa shape index (κ3) is 9.85. The van der Waals surface area contributed by atoms with E-state index in [9.17, 15) is 9.59 Å². The van der Waals surface area contributed by atoms with Crippen LogP contribution in [0.5, 0.6) is 0 Å². The van der Waals surface area contributed by atoms with Gasteiger partial charge in [-0.1, -0.05) is 43.7 Å². The SMILES string of the molecule is CCCN(CCC)C(=O)CCCC(=O)NCCSCc1ccc(C)cc1. The monoisotopic (exact) mass is 378 g/mol. The Morgan fingerprint density at radius 1 is 1.04 bits per heavy atom. The van der Waals surface area contributed by atoms with Crippen LogP contribution in [0.4, 0.5) is 0 Å². The fraction of sp³-hybridized carbons (Fsp3) is 0.619. The molecule has 0 radical (unpaired) electrons. The highest BCUT2D eigenvalue weighted by Gasteiger charge is 2.12. The van der Waals surface area contributed by atoms with E-state index in [0.29, 0.717) is 25.8 Å². The van der Waals surface area contributed by atoms with Crippen LogP contribution in [0.2, 0.25) is 0 Å². The molecule has 0 bridgehead atoms. The van der Waals surface area contributed by atoms with Crippen LogP contribution in [-0.4, -0.2) is 42.1 Å². The van der Waals surface area contributed by atoms with Crippen molar-refractivity contribution >= 4 is 23.6 Å². The van der Waals surface area contributed by atoms with Crippen LogP contribution >= 0.6 is 11.8 Å². The Labute approximate surface area is 163 Å². The van der Waals surface area contributed by atoms with E-state index in [1.807, 2.05) is 16.7 Å². The van der Waals surface area contributed by atoms with Gasteiger partial charge < -0.3 is 10.2 Å². The second kappa shape index (κ2) is 13.7. The van der Waals surface area contributed by atoms with E-state index >= 15 is 0 Å². The Morgan fingerprint density at radius 2 is 1.69 bits per heavy atom. The summed E-state index contributed by atoms with van der Waals surface area (Å²) in [5.41, 5.74) is 2.59. The van der Waals surface area contributed by atoms with Gasteiger partial charge in [-0.05, 0) is 31.7 Å². The third-order valence-electron chi connectivity index (χ3n) is 4.09. The first-order valence-electron chi connectivity index (χ1n) is 9.74. The van der Waals surface area contributed by atoms with E-state index in [2.05, 4.69) is 50.4 Å². The van der Waals surface area contributed by atoms with Crippen molar-refractivity contribution in [2.24, 2.45) is 0 Å². The highest BCUT2D eigenvalue weighted by atomic mass is 32.2. The largest absolute Gasteiger partial charge is 0.355 e. The molecule has 1 aromatic carbocycles. The summed E-state index contributed by atoms with van der Waals surface area (Å²) in [5, 5.41) is 2.95. The lowest BCUT2D eigenvalue weighted by molar-refractivity contribution is -0.131. The molecule has 0 saturated carbocycles. The first-order valence-corrected chi connectivity index (χ1v) is 10.9. The lowest BCUT2D eigenvalue weighted by atomic mass is 10.2. The molecule has 1 N–H and O–H groups in total. The van der Waals surface area contributed by atoms with Gasteiger partial charge in [0.2, 0.25) is 11.8 Å². The van der Waals surface area contributed by atoms with Gasteiger partial charge in [-0.3, -0.25) is 9.59 Å². The van der Waals surface area contributed by atoms with Crippen LogP contribution in [-0.2, 0) is 15.3 Å². The molecule has 0 aliphatic carbocycles. The lowest BCUT2D eigenvalue weighted by Crippen LogP contribution is -2.32. The zero-order valence-corrected chi connectivity index (χ0v) is 17.4. The second-order valence-corrected chi connectivity index (χ2v) is 7.73. The minimum atomic E-state index is 0.0475. The van der Waals surface area contributed by atoms with Gasteiger partial charge in [0.15, 0.2) is 0 Å². The molecule has 0 spiro atoms. The van der Waals surface area contributed by atoms with Gasteiger partial charge >= 0.3 is 0 Å². The predicted octanol–water partition coefficient (Wildman–Crippen LogP) is 4.16. The van der Waals surface area contributed by atoms with Crippen LogP contribution in [0.25, 0.3) is 0 Å². The van der Waals surface area contributed by atoms with Crippen LogP contribution in [0.1, 0.15) is 57.1 Å². The molecule has 0 saturated heterocycles. The van der Waals surface area contributed by atoms with Crippen molar-refractivity contribution in [2.45, 2.75) is 58.6 Å². The molecule has 0 aliphatic heterocycles. The number of thioether (sulfide) groups is 1. The summed E-state index contributed by atoms with van der Waals surface area (Å²) in [6.07, 6.45) is 3.49. The van der Waals surface area contributed by atoms with E-state index in [1.165, 1.54) is 11.1 Å². The molecular formula is C21H34N2O2S. The van der Waals surface area contributed by atoms with E-state index < -0.39 is 0 Å². The molecule has 4 nitrogen and oxygen atoms in total. The minimum Gasteiger partial charge on any atom is -0.355 e. The topological polar surface area (TPSA) is 49.4 Å². The average Bonchev–Trinajstić information content (AvgIpc) is 2.62. The number of nitrogens with one attached hydrogen (secondary N) is 1. The molecule has 1 aromatic rings. The first-order chi connectivity index (χ1) is 12.6. The molecule has 0 aromatic heterocycles. The minimum absolute atomic E-state index is 0.0475. The van der Waals surface area contributed by atoms with Crippen LogP contribution in [0.3, 0.4) is 0 Å². The van der Waals surface area contributed by atoms with Crippen LogP contribution in [0.15, 0.2) is 24.3 Å². The number of hydrogen-bond donors (Lipinski definition) is 1. The van der Waals surface area contributed by atoms with Gasteiger partial charge in [-0.25, -0.2) is 0 Å². The van der Waals surface area contributed by atoms with Gasteiger partial charge in [0, 0.05) is 44.0 Å². The first kappa shape index (κ1) is 22.6. The molecule has 1 rings (SSSR count). The smallest absolute Gasteiger partial charge is 0.222 e. The maximum atomic E-state index is 12.2. The molecule has 26 heavy (non-hydrogen) atoms. The molecule has 5 heteroatoms. The summed E-state index contributed by atoms with van der Waals surface area (Å²) in [4.78, 5) is 25.9. The van der Waals surface area contributed by atoms with Crippen molar-refractivity contribution in [3.63, 3.8) is 0 Å². The molecule has 0 fully saturated rings. The van der Waals surface area contributed by atoms with Gasteiger partial charge in [-0.2, -0.15) is 11.8 Å². The number of aryl methyl sites for hydroxylation is 1. The summed E-state index contributed by atoms with van der Waals surface area (Å²) in [5.74, 6) is 2.09. The predicted molar refractivity (Wildman–Crippen MR) is 111 cm³/mol. The Kier molecular flexibility index (Phi) is 11.9.